The Morgan fingerprint density at radius 1 is 1.07 bits per heavy atom. The van der Waals surface area contributed by atoms with Crippen molar-refractivity contribution in [1.29, 1.82) is 0 Å². The monoisotopic (exact) mass is 393 g/mol. The highest BCUT2D eigenvalue weighted by Gasteiger charge is 2.59. The number of nitrogens with one attached hydrogen (secondary N) is 1. The summed E-state index contributed by atoms with van der Waals surface area (Å²) >= 11 is 6.39. The van der Waals surface area contributed by atoms with Gasteiger partial charge in [-0.15, -0.1) is 0 Å². The Labute approximate surface area is 166 Å². The molecule has 0 spiro atoms. The van der Waals surface area contributed by atoms with E-state index in [9.17, 15) is 14.4 Å². The first kappa shape index (κ1) is 17.1. The smallest absolute Gasteiger partial charge is 0.274 e. The van der Waals surface area contributed by atoms with Crippen molar-refractivity contribution in [3.8, 4) is 0 Å². The number of aromatic nitrogens is 1. The van der Waals surface area contributed by atoms with Crippen molar-refractivity contribution in [2.45, 2.75) is 6.42 Å². The number of fused-ring (bicyclic) bond motifs is 5. The molecule has 2 bridgehead atoms. The molecule has 2 heterocycles. The molecule has 2 aromatic rings. The minimum Gasteiger partial charge on any atom is -0.321 e. The first-order valence-corrected chi connectivity index (χ1v) is 9.50. The predicted molar refractivity (Wildman–Crippen MR) is 104 cm³/mol. The van der Waals surface area contributed by atoms with Crippen molar-refractivity contribution in [3.63, 3.8) is 0 Å². The Morgan fingerprint density at radius 3 is 2.39 bits per heavy atom. The highest BCUT2D eigenvalue weighted by Crippen LogP contribution is 2.53. The number of nitrogens with zero attached hydrogens (tertiary/aromatic N) is 2. The van der Waals surface area contributed by atoms with Crippen molar-refractivity contribution in [2.75, 3.05) is 10.2 Å². The Balaban J connectivity index is 1.39. The molecule has 6 nitrogen and oxygen atoms in total. The van der Waals surface area contributed by atoms with E-state index in [1.54, 1.807) is 36.4 Å². The summed E-state index contributed by atoms with van der Waals surface area (Å²) in [6.07, 6.45) is 6.53. The van der Waals surface area contributed by atoms with Gasteiger partial charge in [0.05, 0.1) is 22.5 Å². The van der Waals surface area contributed by atoms with Gasteiger partial charge in [0.1, 0.15) is 5.69 Å². The second kappa shape index (κ2) is 6.27. The third-order valence-corrected chi connectivity index (χ3v) is 6.12. The number of rotatable bonds is 3. The fourth-order valence-corrected chi connectivity index (χ4v) is 4.86. The summed E-state index contributed by atoms with van der Waals surface area (Å²) < 4.78 is 0. The van der Waals surface area contributed by atoms with Gasteiger partial charge in [0.15, 0.2) is 0 Å². The third-order valence-electron chi connectivity index (χ3n) is 5.81. The molecule has 3 amide bonds. The fraction of sp³-hybridized carbons (Fsp3) is 0.238. The molecule has 140 valence electrons. The van der Waals surface area contributed by atoms with Gasteiger partial charge in [0.2, 0.25) is 11.8 Å². The van der Waals surface area contributed by atoms with Crippen molar-refractivity contribution in [2.24, 2.45) is 23.7 Å². The van der Waals surface area contributed by atoms with E-state index in [2.05, 4.69) is 22.5 Å². The fourth-order valence-electron chi connectivity index (χ4n) is 4.60. The Hall–Kier alpha value is -2.99. The standard InChI is InChI=1S/C21H16ClN3O3/c22-14-10-13(24-19(26)15-3-1-2-8-23-15)6-7-16(14)25-20(27)17-11-4-5-12(9-11)18(17)21(25)28/h1-8,10-12,17-18H,9H2,(H,24,26)/t11-,12+,17-,18-/m1/s1. The zero-order valence-corrected chi connectivity index (χ0v) is 15.5. The van der Waals surface area contributed by atoms with Crippen LogP contribution in [0.3, 0.4) is 0 Å². The lowest BCUT2D eigenvalue weighted by molar-refractivity contribution is -0.123. The molecule has 2 fully saturated rings. The molecular formula is C21H16ClN3O3. The zero-order chi connectivity index (χ0) is 19.4. The number of anilines is 2. The van der Waals surface area contributed by atoms with E-state index in [0.717, 1.165) is 6.42 Å². The minimum atomic E-state index is -0.366. The lowest BCUT2D eigenvalue weighted by Gasteiger charge is -2.19. The van der Waals surface area contributed by atoms with Crippen LogP contribution in [0.15, 0.2) is 54.7 Å². The summed E-state index contributed by atoms with van der Waals surface area (Å²) in [7, 11) is 0. The number of carbonyl (C=O) groups excluding carboxylic acids is 3. The molecule has 1 aliphatic heterocycles. The van der Waals surface area contributed by atoms with E-state index in [0.29, 0.717) is 11.4 Å². The Morgan fingerprint density at radius 2 is 1.79 bits per heavy atom. The van der Waals surface area contributed by atoms with Crippen LogP contribution >= 0.6 is 11.6 Å². The summed E-state index contributed by atoms with van der Waals surface area (Å²) in [6.45, 7) is 0. The molecule has 0 radical (unpaired) electrons. The quantitative estimate of drug-likeness (QED) is 0.641. The van der Waals surface area contributed by atoms with Crippen molar-refractivity contribution in [1.82, 2.24) is 4.98 Å². The third kappa shape index (κ3) is 2.48. The average molecular weight is 394 g/mol. The molecule has 4 atom stereocenters. The first-order chi connectivity index (χ1) is 13.5. The molecule has 1 aromatic heterocycles. The summed E-state index contributed by atoms with van der Waals surface area (Å²) in [5.41, 5.74) is 1.11. The number of halogens is 1. The van der Waals surface area contributed by atoms with E-state index < -0.39 is 0 Å². The highest BCUT2D eigenvalue weighted by atomic mass is 35.5. The van der Waals surface area contributed by atoms with Crippen LogP contribution in [-0.2, 0) is 9.59 Å². The molecular weight excluding hydrogens is 378 g/mol. The summed E-state index contributed by atoms with van der Waals surface area (Å²) in [4.78, 5) is 43.3. The van der Waals surface area contributed by atoms with Crippen molar-refractivity contribution >= 4 is 40.7 Å². The molecule has 1 saturated heterocycles. The number of hydrogen-bond donors (Lipinski definition) is 1. The van der Waals surface area contributed by atoms with E-state index in [1.807, 2.05) is 0 Å². The molecule has 1 aromatic carbocycles. The van der Waals surface area contributed by atoms with E-state index >= 15 is 0 Å². The minimum absolute atomic E-state index is 0.146. The first-order valence-electron chi connectivity index (χ1n) is 9.12. The molecule has 5 rings (SSSR count). The maximum atomic E-state index is 12.9. The van der Waals surface area contributed by atoms with Gasteiger partial charge in [0.25, 0.3) is 5.91 Å². The van der Waals surface area contributed by atoms with Gasteiger partial charge in [-0.3, -0.25) is 19.4 Å². The van der Waals surface area contributed by atoms with Gasteiger partial charge < -0.3 is 5.32 Å². The maximum absolute atomic E-state index is 12.9. The largest absolute Gasteiger partial charge is 0.321 e. The second-order valence-electron chi connectivity index (χ2n) is 7.35. The molecule has 7 heteroatoms. The van der Waals surface area contributed by atoms with Gasteiger partial charge >= 0.3 is 0 Å². The van der Waals surface area contributed by atoms with Crippen LogP contribution in [0.4, 0.5) is 11.4 Å². The number of carbonyl (C=O) groups is 3. The van der Waals surface area contributed by atoms with E-state index in [1.165, 1.54) is 11.1 Å². The molecule has 28 heavy (non-hydrogen) atoms. The molecule has 1 N–H and O–H groups in total. The lowest BCUT2D eigenvalue weighted by atomic mass is 9.85. The van der Waals surface area contributed by atoms with Crippen LogP contribution in [0.2, 0.25) is 5.02 Å². The predicted octanol–water partition coefficient (Wildman–Crippen LogP) is 3.30. The topological polar surface area (TPSA) is 79.4 Å². The zero-order valence-electron chi connectivity index (χ0n) is 14.7. The number of pyridine rings is 1. The van der Waals surface area contributed by atoms with Crippen LogP contribution in [0, 0.1) is 23.7 Å². The normalized spacial score (nSPS) is 27.4. The summed E-state index contributed by atoms with van der Waals surface area (Å²) in [5, 5.41) is 2.96. The van der Waals surface area contributed by atoms with Crippen molar-refractivity contribution < 1.29 is 14.4 Å². The Kier molecular flexibility index (Phi) is 3.84. The summed E-state index contributed by atoms with van der Waals surface area (Å²) in [6, 6.07) is 9.82. The van der Waals surface area contributed by atoms with E-state index in [4.69, 9.17) is 11.6 Å². The molecule has 1 saturated carbocycles. The van der Waals surface area contributed by atoms with Gasteiger partial charge in [-0.1, -0.05) is 29.8 Å². The van der Waals surface area contributed by atoms with Crippen LogP contribution in [0.25, 0.3) is 0 Å². The van der Waals surface area contributed by atoms with Gasteiger partial charge in [-0.2, -0.15) is 0 Å². The number of benzene rings is 1. The van der Waals surface area contributed by atoms with Crippen LogP contribution in [-0.4, -0.2) is 22.7 Å². The Bertz CT molecular complexity index is 1010. The molecule has 0 unspecified atom stereocenters. The van der Waals surface area contributed by atoms with E-state index in [-0.39, 0.29) is 52.1 Å². The summed E-state index contributed by atoms with van der Waals surface area (Å²) in [5.74, 6) is -0.989. The number of hydrogen-bond acceptors (Lipinski definition) is 4. The van der Waals surface area contributed by atoms with Gasteiger partial charge in [0, 0.05) is 11.9 Å². The SMILES string of the molecule is O=C(Nc1ccc(N2C(=O)[C@H]3[C@H](C2=O)[C@H]2C=C[C@@H]3C2)c(Cl)c1)c1ccccn1. The van der Waals surface area contributed by atoms with Gasteiger partial charge in [-0.25, -0.2) is 4.90 Å². The molecule has 3 aliphatic rings. The van der Waals surface area contributed by atoms with Gasteiger partial charge in [-0.05, 0) is 48.6 Å². The molecule has 2 aliphatic carbocycles. The second-order valence-corrected chi connectivity index (χ2v) is 7.75. The maximum Gasteiger partial charge on any atom is 0.274 e. The number of allylic oxidation sites excluding steroid dienone is 2. The lowest BCUT2D eigenvalue weighted by Crippen LogP contribution is -2.33. The number of amides is 3. The average Bonchev–Trinajstić information content (AvgIpc) is 3.37. The van der Waals surface area contributed by atoms with Crippen LogP contribution in [0.1, 0.15) is 16.9 Å². The highest BCUT2D eigenvalue weighted by molar-refractivity contribution is 6.36. The van der Waals surface area contributed by atoms with Crippen molar-refractivity contribution in [3.05, 3.63) is 65.5 Å². The van der Waals surface area contributed by atoms with Crippen LogP contribution in [0.5, 0.6) is 0 Å². The van der Waals surface area contributed by atoms with Crippen LogP contribution < -0.4 is 10.2 Å². The number of imide groups is 1.